The molecule has 96 valence electrons. The molecule has 1 aromatic heterocycles. The molecule has 2 nitrogen and oxygen atoms in total. The number of nitrogens with zero attached hydrogens (tertiary/aromatic N) is 2. The Morgan fingerprint density at radius 2 is 1.84 bits per heavy atom. The van der Waals surface area contributed by atoms with Gasteiger partial charge in [-0.1, -0.05) is 6.07 Å². The van der Waals surface area contributed by atoms with Crippen molar-refractivity contribution in [2.45, 2.75) is 6.18 Å². The van der Waals surface area contributed by atoms with Crippen LogP contribution in [0.4, 0.5) is 17.6 Å². The van der Waals surface area contributed by atoms with E-state index in [1.54, 1.807) is 0 Å². The molecule has 0 aliphatic heterocycles. The molecule has 6 heteroatoms. The monoisotopic (exact) mass is 266 g/mol. The van der Waals surface area contributed by atoms with Gasteiger partial charge < -0.3 is 0 Å². The predicted octanol–water partition coefficient (Wildman–Crippen LogP) is 3.78. The molecule has 0 fully saturated rings. The molecule has 1 heterocycles. The van der Waals surface area contributed by atoms with Crippen molar-refractivity contribution in [2.24, 2.45) is 0 Å². The highest BCUT2D eigenvalue weighted by atomic mass is 19.4. The molecule has 0 atom stereocenters. The van der Waals surface area contributed by atoms with E-state index in [1.807, 2.05) is 6.07 Å². The van der Waals surface area contributed by atoms with Crippen LogP contribution in [0.5, 0.6) is 0 Å². The lowest BCUT2D eigenvalue weighted by Gasteiger charge is -2.07. The van der Waals surface area contributed by atoms with E-state index in [0.29, 0.717) is 0 Å². The van der Waals surface area contributed by atoms with Crippen molar-refractivity contribution < 1.29 is 17.6 Å². The van der Waals surface area contributed by atoms with Crippen LogP contribution in [0.2, 0.25) is 0 Å². The van der Waals surface area contributed by atoms with E-state index in [-0.39, 0.29) is 16.7 Å². The second-order valence-corrected chi connectivity index (χ2v) is 3.74. The summed E-state index contributed by atoms with van der Waals surface area (Å²) in [6.07, 6.45) is -3.60. The smallest absolute Gasteiger partial charge is 0.251 e. The SMILES string of the molecule is N#Cc1ccc(F)c(-c2ccc(C(F)(F)F)nc2)c1. The van der Waals surface area contributed by atoms with Crippen LogP contribution in [0.15, 0.2) is 36.5 Å². The largest absolute Gasteiger partial charge is 0.433 e. The number of aromatic nitrogens is 1. The minimum atomic E-state index is -4.54. The first kappa shape index (κ1) is 13.0. The van der Waals surface area contributed by atoms with E-state index < -0.39 is 17.7 Å². The summed E-state index contributed by atoms with van der Waals surface area (Å²) in [5, 5.41) is 8.71. The normalized spacial score (nSPS) is 11.1. The summed E-state index contributed by atoms with van der Waals surface area (Å²) in [6, 6.07) is 7.37. The summed E-state index contributed by atoms with van der Waals surface area (Å²) < 4.78 is 50.6. The lowest BCUT2D eigenvalue weighted by Crippen LogP contribution is -2.07. The van der Waals surface area contributed by atoms with Gasteiger partial charge >= 0.3 is 6.18 Å². The average molecular weight is 266 g/mol. The van der Waals surface area contributed by atoms with Crippen molar-refractivity contribution in [3.63, 3.8) is 0 Å². The average Bonchev–Trinajstić information content (AvgIpc) is 2.38. The Bertz CT molecular complexity index is 639. The number of alkyl halides is 3. The van der Waals surface area contributed by atoms with Crippen LogP contribution in [0, 0.1) is 17.1 Å². The van der Waals surface area contributed by atoms with Gasteiger partial charge in [-0.25, -0.2) is 4.39 Å². The maximum Gasteiger partial charge on any atom is 0.433 e. The van der Waals surface area contributed by atoms with Crippen molar-refractivity contribution in [3.05, 3.63) is 53.6 Å². The molecule has 0 unspecified atom stereocenters. The molecular weight excluding hydrogens is 260 g/mol. The van der Waals surface area contributed by atoms with Gasteiger partial charge in [-0.3, -0.25) is 4.98 Å². The van der Waals surface area contributed by atoms with Gasteiger partial charge in [-0.15, -0.1) is 0 Å². The maximum absolute atomic E-state index is 13.6. The van der Waals surface area contributed by atoms with Gasteiger partial charge in [0.2, 0.25) is 0 Å². The van der Waals surface area contributed by atoms with Crippen LogP contribution in [0.1, 0.15) is 11.3 Å². The first-order valence-corrected chi connectivity index (χ1v) is 5.15. The molecule has 1 aromatic carbocycles. The van der Waals surface area contributed by atoms with E-state index in [4.69, 9.17) is 5.26 Å². The van der Waals surface area contributed by atoms with Crippen molar-refractivity contribution in [3.8, 4) is 17.2 Å². The van der Waals surface area contributed by atoms with E-state index in [9.17, 15) is 17.6 Å². The molecule has 19 heavy (non-hydrogen) atoms. The minimum Gasteiger partial charge on any atom is -0.251 e. The number of pyridine rings is 1. The Hall–Kier alpha value is -2.42. The summed E-state index contributed by atoms with van der Waals surface area (Å²) in [7, 11) is 0. The van der Waals surface area contributed by atoms with Crippen LogP contribution in [-0.2, 0) is 6.18 Å². The van der Waals surface area contributed by atoms with Gasteiger partial charge in [0.25, 0.3) is 0 Å². The van der Waals surface area contributed by atoms with Crippen molar-refractivity contribution in [1.29, 1.82) is 5.26 Å². The summed E-state index contributed by atoms with van der Waals surface area (Å²) in [5.74, 6) is -0.624. The molecule has 0 bridgehead atoms. The summed E-state index contributed by atoms with van der Waals surface area (Å²) in [4.78, 5) is 3.25. The Balaban J connectivity index is 2.46. The van der Waals surface area contributed by atoms with Gasteiger partial charge in [0.05, 0.1) is 11.6 Å². The molecule has 0 radical (unpaired) electrons. The zero-order valence-electron chi connectivity index (χ0n) is 9.37. The van der Waals surface area contributed by atoms with E-state index >= 15 is 0 Å². The maximum atomic E-state index is 13.6. The number of halogens is 4. The summed E-state index contributed by atoms with van der Waals surface area (Å²) >= 11 is 0. The Morgan fingerprint density at radius 1 is 1.11 bits per heavy atom. The third-order valence-corrected chi connectivity index (χ3v) is 2.46. The van der Waals surface area contributed by atoms with Crippen molar-refractivity contribution >= 4 is 0 Å². The quantitative estimate of drug-likeness (QED) is 0.736. The van der Waals surface area contributed by atoms with Crippen LogP contribution in [0.3, 0.4) is 0 Å². The second-order valence-electron chi connectivity index (χ2n) is 3.74. The van der Waals surface area contributed by atoms with Gasteiger partial charge in [-0.2, -0.15) is 18.4 Å². The number of hydrogen-bond acceptors (Lipinski definition) is 2. The Labute approximate surface area is 105 Å². The van der Waals surface area contributed by atoms with E-state index in [1.165, 1.54) is 12.1 Å². The lowest BCUT2D eigenvalue weighted by molar-refractivity contribution is -0.141. The highest BCUT2D eigenvalue weighted by molar-refractivity contribution is 5.65. The highest BCUT2D eigenvalue weighted by Crippen LogP contribution is 2.29. The number of hydrogen-bond donors (Lipinski definition) is 0. The number of nitriles is 1. The summed E-state index contributed by atoms with van der Waals surface area (Å²) in [5.41, 5.74) is -0.604. The minimum absolute atomic E-state index is 0.0419. The van der Waals surface area contributed by atoms with E-state index in [2.05, 4.69) is 4.98 Å². The van der Waals surface area contributed by atoms with Crippen LogP contribution >= 0.6 is 0 Å². The fourth-order valence-electron chi connectivity index (χ4n) is 1.54. The first-order chi connectivity index (χ1) is 8.91. The lowest BCUT2D eigenvalue weighted by atomic mass is 10.0. The van der Waals surface area contributed by atoms with Crippen molar-refractivity contribution in [2.75, 3.05) is 0 Å². The highest BCUT2D eigenvalue weighted by Gasteiger charge is 2.32. The standard InChI is InChI=1S/C13H6F4N2/c14-11-3-1-8(6-18)5-10(11)9-2-4-12(19-7-9)13(15,16)17/h1-5,7H. The molecule has 0 aliphatic rings. The van der Waals surface area contributed by atoms with Crippen LogP contribution < -0.4 is 0 Å². The van der Waals surface area contributed by atoms with Crippen LogP contribution in [0.25, 0.3) is 11.1 Å². The van der Waals surface area contributed by atoms with Gasteiger partial charge in [0.1, 0.15) is 11.5 Å². The van der Waals surface area contributed by atoms with E-state index in [0.717, 1.165) is 24.4 Å². The number of benzene rings is 1. The summed E-state index contributed by atoms with van der Waals surface area (Å²) in [6.45, 7) is 0. The molecular formula is C13H6F4N2. The molecule has 2 aromatic rings. The first-order valence-electron chi connectivity index (χ1n) is 5.15. The molecule has 0 amide bonds. The molecule has 0 N–H and O–H groups in total. The third kappa shape index (κ3) is 2.71. The molecule has 0 spiro atoms. The third-order valence-electron chi connectivity index (χ3n) is 2.46. The van der Waals surface area contributed by atoms with Gasteiger partial charge in [-0.05, 0) is 24.3 Å². The molecule has 0 saturated heterocycles. The topological polar surface area (TPSA) is 36.7 Å². The Morgan fingerprint density at radius 3 is 2.37 bits per heavy atom. The fraction of sp³-hybridized carbons (Fsp3) is 0.0769. The van der Waals surface area contributed by atoms with Gasteiger partial charge in [0.15, 0.2) is 0 Å². The van der Waals surface area contributed by atoms with Crippen LogP contribution in [-0.4, -0.2) is 4.98 Å². The molecule has 0 saturated carbocycles. The zero-order chi connectivity index (χ0) is 14.0. The molecule has 0 aliphatic carbocycles. The fourth-order valence-corrected chi connectivity index (χ4v) is 1.54. The second kappa shape index (κ2) is 4.69. The number of rotatable bonds is 1. The Kier molecular flexibility index (Phi) is 3.21. The predicted molar refractivity (Wildman–Crippen MR) is 59.3 cm³/mol. The van der Waals surface area contributed by atoms with Gasteiger partial charge in [0, 0.05) is 17.3 Å². The van der Waals surface area contributed by atoms with Crippen molar-refractivity contribution in [1.82, 2.24) is 4.98 Å². The zero-order valence-corrected chi connectivity index (χ0v) is 9.37. The molecule has 2 rings (SSSR count).